The number of nitro benzene ring substituents is 1. The molecule has 0 N–H and O–H groups in total. The maximum atomic E-state index is 14.0. The Bertz CT molecular complexity index is 1440. The molecule has 3 aromatic rings. The lowest BCUT2D eigenvalue weighted by Crippen LogP contribution is -2.47. The molecule has 2 saturated heterocycles. The minimum Gasteiger partial charge on any atom is -0.348 e. The van der Waals surface area contributed by atoms with Gasteiger partial charge in [-0.3, -0.25) is 19.8 Å². The van der Waals surface area contributed by atoms with Crippen LogP contribution in [0.1, 0.15) is 36.8 Å². The van der Waals surface area contributed by atoms with Crippen LogP contribution in [0.2, 0.25) is 0 Å². The van der Waals surface area contributed by atoms with Gasteiger partial charge in [0.05, 0.1) is 15.9 Å². The lowest BCUT2D eigenvalue weighted by molar-refractivity contribution is -0.383. The minimum absolute atomic E-state index is 0.0593. The second-order valence-corrected chi connectivity index (χ2v) is 10.9. The molecule has 2 aliphatic heterocycles. The average molecular weight is 555 g/mol. The predicted molar refractivity (Wildman–Crippen MR) is 132 cm³/mol. The van der Waals surface area contributed by atoms with Gasteiger partial charge in [0, 0.05) is 37.3 Å². The second kappa shape index (κ2) is 9.84. The molecular formula is C25H23F5N4O3S. The summed E-state index contributed by atoms with van der Waals surface area (Å²) in [5.41, 5.74) is -2.44. The van der Waals surface area contributed by atoms with Gasteiger partial charge in [-0.15, -0.1) is 0 Å². The van der Waals surface area contributed by atoms with E-state index in [0.717, 1.165) is 56.2 Å². The number of nitrogens with zero attached hydrogens (tertiary/aromatic N) is 4. The maximum Gasteiger partial charge on any atom is 0.416 e. The largest absolute Gasteiger partial charge is 0.416 e. The summed E-state index contributed by atoms with van der Waals surface area (Å²) < 4.78 is 66.7. The molecule has 0 aliphatic carbocycles. The van der Waals surface area contributed by atoms with Crippen LogP contribution in [-0.4, -0.2) is 41.0 Å². The molecule has 0 saturated carbocycles. The van der Waals surface area contributed by atoms with Crippen LogP contribution in [0.5, 0.6) is 0 Å². The standard InChI is InChI=1S/C25H23F5N4O3S/c26-17-2-1-15(19(27)13-17)14-32-7-3-24(4-8-32)5-9-33(10-6-24)23-31-22(35)18-11-16(25(28,29)30)12-20(34(36)37)21(18)38-23/h1-2,11-13H,3-10,14H2. The first-order valence-corrected chi connectivity index (χ1v) is 12.9. The van der Waals surface area contributed by atoms with Crippen LogP contribution in [0.3, 0.4) is 0 Å². The van der Waals surface area contributed by atoms with E-state index in [0.29, 0.717) is 37.3 Å². The number of piperidine rings is 2. The van der Waals surface area contributed by atoms with E-state index in [2.05, 4.69) is 9.88 Å². The van der Waals surface area contributed by atoms with Crippen molar-refractivity contribution < 1.29 is 26.9 Å². The van der Waals surface area contributed by atoms with E-state index >= 15 is 0 Å². The number of aromatic nitrogens is 1. The molecule has 13 heteroatoms. The Morgan fingerprint density at radius 2 is 1.68 bits per heavy atom. The number of fused-ring (bicyclic) bond motifs is 1. The number of nitro groups is 1. The van der Waals surface area contributed by atoms with Crippen LogP contribution < -0.4 is 10.5 Å². The number of halogens is 5. The molecule has 0 atom stereocenters. The van der Waals surface area contributed by atoms with Crippen LogP contribution in [0.25, 0.3) is 10.1 Å². The summed E-state index contributed by atoms with van der Waals surface area (Å²) >= 11 is 0.856. The van der Waals surface area contributed by atoms with Crippen LogP contribution in [0.15, 0.2) is 35.1 Å². The molecular weight excluding hydrogens is 531 g/mol. The molecule has 0 amide bonds. The monoisotopic (exact) mass is 554 g/mol. The number of alkyl halides is 3. The number of rotatable bonds is 4. The summed E-state index contributed by atoms with van der Waals surface area (Å²) in [7, 11) is 0. The van der Waals surface area contributed by atoms with Gasteiger partial charge in [-0.1, -0.05) is 17.4 Å². The molecule has 1 spiro atoms. The molecule has 202 valence electrons. The Balaban J connectivity index is 1.29. The van der Waals surface area contributed by atoms with Gasteiger partial charge in [0.2, 0.25) is 0 Å². The number of anilines is 1. The molecule has 2 aromatic carbocycles. The van der Waals surface area contributed by atoms with E-state index in [9.17, 15) is 36.9 Å². The number of likely N-dealkylation sites (tertiary alicyclic amines) is 1. The molecule has 0 unspecified atom stereocenters. The van der Waals surface area contributed by atoms with E-state index in [-0.39, 0.29) is 15.2 Å². The topological polar surface area (TPSA) is 79.6 Å². The van der Waals surface area contributed by atoms with E-state index < -0.39 is 44.9 Å². The van der Waals surface area contributed by atoms with Crippen molar-refractivity contribution in [2.24, 2.45) is 5.41 Å². The van der Waals surface area contributed by atoms with Crippen molar-refractivity contribution in [3.8, 4) is 0 Å². The third-order valence-electron chi connectivity index (χ3n) is 7.63. The van der Waals surface area contributed by atoms with Gasteiger partial charge in [-0.2, -0.15) is 18.2 Å². The highest BCUT2D eigenvalue weighted by atomic mass is 32.1. The zero-order valence-corrected chi connectivity index (χ0v) is 20.9. The summed E-state index contributed by atoms with van der Waals surface area (Å²) in [4.78, 5) is 31.3. The second-order valence-electron chi connectivity index (χ2n) is 9.93. The Kier molecular flexibility index (Phi) is 6.84. The smallest absolute Gasteiger partial charge is 0.348 e. The number of benzene rings is 2. The van der Waals surface area contributed by atoms with Crippen molar-refractivity contribution in [2.75, 3.05) is 31.1 Å². The Hall–Kier alpha value is -3.19. The van der Waals surface area contributed by atoms with Gasteiger partial charge < -0.3 is 4.90 Å². The van der Waals surface area contributed by atoms with Crippen molar-refractivity contribution in [3.05, 3.63) is 73.6 Å². The molecule has 7 nitrogen and oxygen atoms in total. The Labute approximate surface area is 217 Å². The predicted octanol–water partition coefficient (Wildman–Crippen LogP) is 5.74. The molecule has 3 heterocycles. The normalized spacial score (nSPS) is 18.3. The zero-order chi connectivity index (χ0) is 27.2. The van der Waals surface area contributed by atoms with Crippen molar-refractivity contribution in [1.29, 1.82) is 0 Å². The zero-order valence-electron chi connectivity index (χ0n) is 20.1. The Morgan fingerprint density at radius 3 is 2.29 bits per heavy atom. The van der Waals surface area contributed by atoms with Crippen LogP contribution in [0.4, 0.5) is 32.8 Å². The van der Waals surface area contributed by atoms with Crippen molar-refractivity contribution in [1.82, 2.24) is 9.88 Å². The van der Waals surface area contributed by atoms with E-state index in [1.807, 2.05) is 4.90 Å². The van der Waals surface area contributed by atoms with E-state index in [4.69, 9.17) is 0 Å². The fourth-order valence-corrected chi connectivity index (χ4v) is 6.44. The fourth-order valence-electron chi connectivity index (χ4n) is 5.32. The van der Waals surface area contributed by atoms with E-state index in [1.54, 1.807) is 0 Å². The van der Waals surface area contributed by atoms with Crippen LogP contribution in [0, 0.1) is 27.2 Å². The highest BCUT2D eigenvalue weighted by Gasteiger charge is 2.39. The maximum absolute atomic E-state index is 14.0. The highest BCUT2D eigenvalue weighted by molar-refractivity contribution is 7.22. The van der Waals surface area contributed by atoms with Gasteiger partial charge in [-0.05, 0) is 56.3 Å². The van der Waals surface area contributed by atoms with Crippen LogP contribution in [-0.2, 0) is 12.7 Å². The summed E-state index contributed by atoms with van der Waals surface area (Å²) in [6, 6.07) is 4.67. The summed E-state index contributed by atoms with van der Waals surface area (Å²) in [6.07, 6.45) is -1.48. The van der Waals surface area contributed by atoms with Gasteiger partial charge in [0.25, 0.3) is 11.2 Å². The van der Waals surface area contributed by atoms with Gasteiger partial charge in [0.15, 0.2) is 5.13 Å². The van der Waals surface area contributed by atoms with Crippen LogP contribution >= 0.6 is 11.3 Å². The number of hydrogen-bond donors (Lipinski definition) is 0. The van der Waals surface area contributed by atoms with Crippen molar-refractivity contribution >= 4 is 32.2 Å². The third kappa shape index (κ3) is 5.21. The average Bonchev–Trinajstić information content (AvgIpc) is 2.86. The number of hydrogen-bond acceptors (Lipinski definition) is 7. The quantitative estimate of drug-likeness (QED) is 0.232. The molecule has 38 heavy (non-hydrogen) atoms. The van der Waals surface area contributed by atoms with Crippen molar-refractivity contribution in [2.45, 2.75) is 38.4 Å². The SMILES string of the molecule is O=c1nc(N2CCC3(CCN(Cc4ccc(F)cc4F)CC3)CC2)sc2c([N+](=O)[O-])cc(C(F)(F)F)cc12. The van der Waals surface area contributed by atoms with Gasteiger partial charge >= 0.3 is 6.18 Å². The highest BCUT2D eigenvalue weighted by Crippen LogP contribution is 2.44. The first-order valence-electron chi connectivity index (χ1n) is 12.1. The summed E-state index contributed by atoms with van der Waals surface area (Å²) in [5, 5.41) is 11.4. The van der Waals surface area contributed by atoms with Crippen molar-refractivity contribution in [3.63, 3.8) is 0 Å². The first kappa shape index (κ1) is 26.4. The molecule has 5 rings (SSSR count). The molecule has 2 fully saturated rings. The minimum atomic E-state index is -4.83. The van der Waals surface area contributed by atoms with Gasteiger partial charge in [-0.25, -0.2) is 8.78 Å². The molecule has 0 bridgehead atoms. The van der Waals surface area contributed by atoms with Gasteiger partial charge in [0.1, 0.15) is 16.3 Å². The lowest BCUT2D eigenvalue weighted by Gasteiger charge is -2.47. The number of non-ortho nitro benzene ring substituents is 1. The molecule has 0 radical (unpaired) electrons. The third-order valence-corrected chi connectivity index (χ3v) is 8.80. The summed E-state index contributed by atoms with van der Waals surface area (Å²) in [5.74, 6) is -1.17. The fraction of sp³-hybridized carbons (Fsp3) is 0.440. The first-order chi connectivity index (χ1) is 17.9. The van der Waals surface area contributed by atoms with E-state index in [1.165, 1.54) is 12.1 Å². The molecule has 1 aromatic heterocycles. The molecule has 2 aliphatic rings. The lowest BCUT2D eigenvalue weighted by atomic mass is 9.71. The Morgan fingerprint density at radius 1 is 1.03 bits per heavy atom. The summed E-state index contributed by atoms with van der Waals surface area (Å²) in [6.45, 7) is 3.02.